The van der Waals surface area contributed by atoms with Gasteiger partial charge in [-0.15, -0.1) is 0 Å². The van der Waals surface area contributed by atoms with Crippen LogP contribution in [0.15, 0.2) is 65.8 Å². The molecule has 0 spiro atoms. The Bertz CT molecular complexity index is 735. The van der Waals surface area contributed by atoms with Gasteiger partial charge in [0, 0.05) is 29.6 Å². The van der Waals surface area contributed by atoms with E-state index in [1.165, 1.54) is 23.3 Å². The van der Waals surface area contributed by atoms with Crippen LogP contribution in [0.4, 0.5) is 0 Å². The summed E-state index contributed by atoms with van der Waals surface area (Å²) in [4.78, 5) is 0. The summed E-state index contributed by atoms with van der Waals surface area (Å²) in [5.74, 6) is 0.718. The number of rotatable bonds is 3. The van der Waals surface area contributed by atoms with Crippen molar-refractivity contribution in [3.05, 3.63) is 71.8 Å². The first-order chi connectivity index (χ1) is 12.7. The Labute approximate surface area is 159 Å². The zero-order valence-corrected chi connectivity index (χ0v) is 15.5. The van der Waals surface area contributed by atoms with Crippen molar-refractivity contribution in [1.82, 2.24) is 10.7 Å². The summed E-state index contributed by atoms with van der Waals surface area (Å²) in [5, 5.41) is 8.84. The van der Waals surface area contributed by atoms with Crippen LogP contribution in [-0.4, -0.2) is 10.8 Å². The Hall–Kier alpha value is -2.24. The first kappa shape index (κ1) is 17.2. The molecule has 5 heteroatoms. The van der Waals surface area contributed by atoms with Crippen molar-refractivity contribution in [2.45, 2.75) is 31.3 Å². The lowest BCUT2D eigenvalue weighted by molar-refractivity contribution is 0.232. The Morgan fingerprint density at radius 2 is 1.42 bits per heavy atom. The highest BCUT2D eigenvalue weighted by Crippen LogP contribution is 2.46. The average Bonchev–Trinajstić information content (AvgIpc) is 2.68. The zero-order chi connectivity index (χ0) is 17.9. The highest BCUT2D eigenvalue weighted by atomic mass is 32.1. The van der Waals surface area contributed by atoms with Gasteiger partial charge in [-0.1, -0.05) is 67.1 Å². The first-order valence-electron chi connectivity index (χ1n) is 9.23. The minimum absolute atomic E-state index is 0.224. The molecule has 26 heavy (non-hydrogen) atoms. The number of hydrogen-bond acceptors (Lipinski definition) is 3. The highest BCUT2D eigenvalue weighted by molar-refractivity contribution is 7.80. The van der Waals surface area contributed by atoms with Crippen LogP contribution in [0.25, 0.3) is 0 Å². The lowest BCUT2D eigenvalue weighted by Crippen LogP contribution is -2.51. The zero-order valence-electron chi connectivity index (χ0n) is 14.6. The van der Waals surface area contributed by atoms with E-state index in [9.17, 15) is 0 Å². The molecule has 0 aromatic heterocycles. The smallest absolute Gasteiger partial charge is 0.184 e. The van der Waals surface area contributed by atoms with Crippen molar-refractivity contribution in [2.75, 3.05) is 0 Å². The van der Waals surface area contributed by atoms with Gasteiger partial charge in [-0.3, -0.25) is 5.43 Å². The molecule has 2 bridgehead atoms. The average molecular weight is 365 g/mol. The third kappa shape index (κ3) is 3.37. The molecule has 2 aliphatic rings. The molecule has 0 unspecified atom stereocenters. The lowest BCUT2D eigenvalue weighted by Gasteiger charge is -2.47. The Morgan fingerprint density at radius 3 is 1.88 bits per heavy atom. The first-order valence-corrected chi connectivity index (χ1v) is 9.63. The molecule has 1 saturated carbocycles. The van der Waals surface area contributed by atoms with Gasteiger partial charge in [0.05, 0.1) is 0 Å². The summed E-state index contributed by atoms with van der Waals surface area (Å²) in [7, 11) is 0. The molecule has 4 atom stereocenters. The van der Waals surface area contributed by atoms with Gasteiger partial charge in [0.25, 0.3) is 0 Å². The Morgan fingerprint density at radius 1 is 0.923 bits per heavy atom. The number of thiocarbonyl (C=S) groups is 1. The number of fused-ring (bicyclic) bond motifs is 2. The van der Waals surface area contributed by atoms with Gasteiger partial charge in [-0.05, 0) is 36.2 Å². The van der Waals surface area contributed by atoms with E-state index in [0.29, 0.717) is 11.8 Å². The summed E-state index contributed by atoms with van der Waals surface area (Å²) in [6, 6.07) is 21.8. The SMILES string of the molecule is NC(=S)NN=C1[C@H]2CCC[C@H]1[C@H](c1ccccc1)N[C@H]2c1ccccc1. The van der Waals surface area contributed by atoms with Crippen LogP contribution in [0.2, 0.25) is 0 Å². The fraction of sp³-hybridized carbons (Fsp3) is 0.333. The van der Waals surface area contributed by atoms with Crippen molar-refractivity contribution in [1.29, 1.82) is 0 Å². The molecule has 1 saturated heterocycles. The van der Waals surface area contributed by atoms with E-state index in [0.717, 1.165) is 12.8 Å². The molecule has 1 aliphatic heterocycles. The molecular weight excluding hydrogens is 340 g/mol. The normalized spacial score (nSPS) is 27.6. The van der Waals surface area contributed by atoms with Gasteiger partial charge in [0.2, 0.25) is 0 Å². The van der Waals surface area contributed by atoms with Crippen molar-refractivity contribution in [2.24, 2.45) is 22.7 Å². The number of hydrazone groups is 1. The van der Waals surface area contributed by atoms with Crippen molar-refractivity contribution in [3.8, 4) is 0 Å². The minimum Gasteiger partial charge on any atom is -0.375 e. The minimum atomic E-state index is 0.224. The van der Waals surface area contributed by atoms with Crippen LogP contribution in [0.1, 0.15) is 42.5 Å². The third-order valence-corrected chi connectivity index (χ3v) is 5.66. The third-order valence-electron chi connectivity index (χ3n) is 5.57. The van der Waals surface area contributed by atoms with E-state index < -0.39 is 0 Å². The van der Waals surface area contributed by atoms with E-state index in [1.807, 2.05) is 0 Å². The highest BCUT2D eigenvalue weighted by Gasteiger charge is 2.45. The van der Waals surface area contributed by atoms with Crippen molar-refractivity contribution >= 4 is 23.0 Å². The van der Waals surface area contributed by atoms with Crippen molar-refractivity contribution < 1.29 is 0 Å². The molecule has 2 aromatic carbocycles. The maximum absolute atomic E-state index is 5.65. The molecule has 134 valence electrons. The maximum atomic E-state index is 5.65. The molecule has 0 amide bonds. The van der Waals surface area contributed by atoms with Gasteiger partial charge in [0.1, 0.15) is 0 Å². The molecule has 0 radical (unpaired) electrons. The van der Waals surface area contributed by atoms with E-state index in [4.69, 9.17) is 18.0 Å². The number of hydrogen-bond donors (Lipinski definition) is 3. The predicted octanol–water partition coefficient (Wildman–Crippen LogP) is 3.68. The molecular formula is C21H24N4S. The molecule has 1 aliphatic carbocycles. The topological polar surface area (TPSA) is 62.4 Å². The maximum Gasteiger partial charge on any atom is 0.184 e. The van der Waals surface area contributed by atoms with Crippen LogP contribution >= 0.6 is 12.2 Å². The fourth-order valence-corrected chi connectivity index (χ4v) is 4.54. The van der Waals surface area contributed by atoms with Crippen LogP contribution in [-0.2, 0) is 0 Å². The lowest BCUT2D eigenvalue weighted by atomic mass is 9.67. The molecule has 1 heterocycles. The van der Waals surface area contributed by atoms with Gasteiger partial charge in [-0.2, -0.15) is 5.10 Å². The van der Waals surface area contributed by atoms with Crippen LogP contribution in [0.3, 0.4) is 0 Å². The summed E-state index contributed by atoms with van der Waals surface area (Å²) in [5.41, 5.74) is 12.3. The van der Waals surface area contributed by atoms with Gasteiger partial charge in [0.15, 0.2) is 5.11 Å². The van der Waals surface area contributed by atoms with Crippen LogP contribution < -0.4 is 16.5 Å². The summed E-state index contributed by atoms with van der Waals surface area (Å²) in [6.07, 6.45) is 3.47. The fourth-order valence-electron chi connectivity index (χ4n) is 4.49. The van der Waals surface area contributed by atoms with Crippen LogP contribution in [0.5, 0.6) is 0 Å². The predicted molar refractivity (Wildman–Crippen MR) is 110 cm³/mol. The molecule has 2 aromatic rings. The standard InChI is InChI=1S/C21H24N4S/c22-21(26)25-24-20-16-12-7-13-17(20)19(15-10-5-2-6-11-15)23-18(16)14-8-3-1-4-9-14/h1-6,8-11,16-19,23H,7,12-13H2,(H3,22,25,26)/t16-,17-,18-,19-/m0/s1. The van der Waals surface area contributed by atoms with Gasteiger partial charge in [-0.25, -0.2) is 0 Å². The van der Waals surface area contributed by atoms with E-state index in [1.54, 1.807) is 0 Å². The van der Waals surface area contributed by atoms with E-state index in [2.05, 4.69) is 76.5 Å². The summed E-state index contributed by atoms with van der Waals surface area (Å²) < 4.78 is 0. The number of nitrogens with zero attached hydrogens (tertiary/aromatic N) is 1. The largest absolute Gasteiger partial charge is 0.375 e. The number of nitrogens with one attached hydrogen (secondary N) is 2. The van der Waals surface area contributed by atoms with Crippen molar-refractivity contribution in [3.63, 3.8) is 0 Å². The molecule has 4 N–H and O–H groups in total. The second-order valence-electron chi connectivity index (χ2n) is 7.10. The molecule has 4 rings (SSSR count). The molecule has 2 fully saturated rings. The summed E-state index contributed by atoms with van der Waals surface area (Å²) >= 11 is 4.99. The summed E-state index contributed by atoms with van der Waals surface area (Å²) in [6.45, 7) is 0. The number of piperidine rings is 1. The Kier molecular flexibility index (Phi) is 5.00. The van der Waals surface area contributed by atoms with E-state index in [-0.39, 0.29) is 17.2 Å². The number of nitrogens with two attached hydrogens (primary N) is 1. The second-order valence-corrected chi connectivity index (χ2v) is 7.54. The quantitative estimate of drug-likeness (QED) is 0.574. The van der Waals surface area contributed by atoms with Gasteiger partial charge >= 0.3 is 0 Å². The van der Waals surface area contributed by atoms with Gasteiger partial charge < -0.3 is 11.1 Å². The number of benzene rings is 2. The molecule has 4 nitrogen and oxygen atoms in total. The monoisotopic (exact) mass is 364 g/mol. The second kappa shape index (κ2) is 7.56. The van der Waals surface area contributed by atoms with Crippen LogP contribution in [0, 0.1) is 11.8 Å². The van der Waals surface area contributed by atoms with E-state index >= 15 is 0 Å². The Balaban J connectivity index is 1.76.